The summed E-state index contributed by atoms with van der Waals surface area (Å²) in [6, 6.07) is 18.1. The molecule has 154 valence electrons. The minimum atomic E-state index is -0.0777. The molecule has 4 heterocycles. The van der Waals surface area contributed by atoms with Crippen molar-refractivity contribution in [2.24, 2.45) is 11.8 Å². The Kier molecular flexibility index (Phi) is 5.28. The molecule has 5 atom stereocenters. The molecule has 4 nitrogen and oxygen atoms in total. The zero-order valence-electron chi connectivity index (χ0n) is 17.2. The molecule has 1 N–H and O–H groups in total. The van der Waals surface area contributed by atoms with E-state index in [0.29, 0.717) is 24.5 Å². The summed E-state index contributed by atoms with van der Waals surface area (Å²) < 4.78 is 6.65. The second kappa shape index (κ2) is 8.21. The summed E-state index contributed by atoms with van der Waals surface area (Å²) in [5, 5.41) is 11.1. The summed E-state index contributed by atoms with van der Waals surface area (Å²) in [5.74, 6) is 1.50. The molecule has 3 fully saturated rings. The van der Waals surface area contributed by atoms with Crippen LogP contribution in [0, 0.1) is 11.8 Å². The molecule has 2 bridgehead atoms. The molecule has 0 saturated carbocycles. The summed E-state index contributed by atoms with van der Waals surface area (Å²) in [6.07, 6.45) is 6.25. The highest BCUT2D eigenvalue weighted by atomic mass is 16.5. The van der Waals surface area contributed by atoms with Gasteiger partial charge in [-0.1, -0.05) is 36.4 Å². The first kappa shape index (κ1) is 19.3. The van der Waals surface area contributed by atoms with Gasteiger partial charge in [0.05, 0.1) is 18.2 Å². The van der Waals surface area contributed by atoms with E-state index in [1.54, 1.807) is 6.07 Å². The summed E-state index contributed by atoms with van der Waals surface area (Å²) in [7, 11) is 0. The Bertz CT molecular complexity index is 1040. The zero-order chi connectivity index (χ0) is 20.5. The maximum Gasteiger partial charge on any atom is 0.116 e. The van der Waals surface area contributed by atoms with Gasteiger partial charge in [0.1, 0.15) is 5.75 Å². The van der Waals surface area contributed by atoms with Gasteiger partial charge in [-0.15, -0.1) is 6.58 Å². The largest absolute Gasteiger partial charge is 0.508 e. The molecule has 30 heavy (non-hydrogen) atoms. The molecule has 3 aliphatic rings. The Morgan fingerprint density at radius 3 is 2.83 bits per heavy atom. The van der Waals surface area contributed by atoms with Crippen LogP contribution in [0.4, 0.5) is 0 Å². The second-order valence-corrected chi connectivity index (χ2v) is 8.57. The molecule has 0 radical (unpaired) electrons. The van der Waals surface area contributed by atoms with E-state index in [-0.39, 0.29) is 11.9 Å². The average molecular weight is 401 g/mol. The first-order chi connectivity index (χ1) is 14.7. The van der Waals surface area contributed by atoms with E-state index in [1.165, 1.54) is 12.0 Å². The molecule has 3 aromatic rings. The van der Waals surface area contributed by atoms with Gasteiger partial charge < -0.3 is 9.84 Å². The van der Waals surface area contributed by atoms with Gasteiger partial charge in [0.25, 0.3) is 0 Å². The second-order valence-electron chi connectivity index (χ2n) is 8.57. The highest BCUT2D eigenvalue weighted by Crippen LogP contribution is 2.43. The standard InChI is InChI=1S/C26H28N2O2/c1-2-19-16-28-13-11-20(19)14-25(28)26(30-17-18-6-4-3-5-7-18)22-10-12-27-24-9-8-21(29)15-23(22)24/h2-10,12,15,19-20,25-26,29H,1,11,13-14,16-17H2/t19-,20?,25-,26-/m0/s1. The highest BCUT2D eigenvalue weighted by molar-refractivity contribution is 5.83. The van der Waals surface area contributed by atoms with Crippen molar-refractivity contribution in [2.45, 2.75) is 31.6 Å². The number of hydrogen-bond acceptors (Lipinski definition) is 4. The van der Waals surface area contributed by atoms with E-state index in [4.69, 9.17) is 4.74 Å². The van der Waals surface area contributed by atoms with Gasteiger partial charge in [-0.3, -0.25) is 9.88 Å². The molecule has 2 aromatic carbocycles. The Labute approximate surface area is 177 Å². The van der Waals surface area contributed by atoms with E-state index in [0.717, 1.165) is 36.0 Å². The predicted molar refractivity (Wildman–Crippen MR) is 119 cm³/mol. The normalized spacial score (nSPS) is 26.5. The monoisotopic (exact) mass is 400 g/mol. The fourth-order valence-corrected chi connectivity index (χ4v) is 5.26. The third kappa shape index (κ3) is 3.62. The number of hydrogen-bond donors (Lipinski definition) is 1. The molecular weight excluding hydrogens is 372 g/mol. The van der Waals surface area contributed by atoms with Crippen molar-refractivity contribution in [1.29, 1.82) is 0 Å². The molecule has 0 spiro atoms. The SMILES string of the molecule is C=C[C@H]1CN2CCC1C[C@H]2[C@@H](OCc1ccccc1)c1ccnc2ccc(O)cc12. The van der Waals surface area contributed by atoms with Crippen molar-refractivity contribution in [3.05, 3.63) is 84.6 Å². The number of rotatable bonds is 6. The van der Waals surface area contributed by atoms with E-state index >= 15 is 0 Å². The third-order valence-corrected chi connectivity index (χ3v) is 6.84. The van der Waals surface area contributed by atoms with Gasteiger partial charge in [0.2, 0.25) is 0 Å². The maximum absolute atomic E-state index is 10.1. The number of pyridine rings is 1. The Hall–Kier alpha value is -2.69. The summed E-state index contributed by atoms with van der Waals surface area (Å²) in [6.45, 7) is 6.79. The molecule has 3 saturated heterocycles. The lowest BCUT2D eigenvalue weighted by Gasteiger charge is -2.51. The molecule has 0 amide bonds. The van der Waals surface area contributed by atoms with Gasteiger partial charge in [0.15, 0.2) is 0 Å². The van der Waals surface area contributed by atoms with Crippen LogP contribution in [0.25, 0.3) is 10.9 Å². The van der Waals surface area contributed by atoms with Crippen LogP contribution in [0.2, 0.25) is 0 Å². The minimum absolute atomic E-state index is 0.0777. The van der Waals surface area contributed by atoms with Crippen molar-refractivity contribution in [3.8, 4) is 5.75 Å². The van der Waals surface area contributed by atoms with Crippen LogP contribution in [-0.2, 0) is 11.3 Å². The summed E-state index contributed by atoms with van der Waals surface area (Å²) >= 11 is 0. The lowest BCUT2D eigenvalue weighted by atomic mass is 9.73. The van der Waals surface area contributed by atoms with Crippen LogP contribution in [0.5, 0.6) is 5.75 Å². The van der Waals surface area contributed by atoms with Crippen LogP contribution in [-0.4, -0.2) is 34.1 Å². The zero-order valence-corrected chi connectivity index (χ0v) is 17.2. The number of fused-ring (bicyclic) bond motifs is 4. The number of benzene rings is 2. The summed E-state index contributed by atoms with van der Waals surface area (Å²) in [5.41, 5.74) is 3.17. The molecule has 4 heteroatoms. The third-order valence-electron chi connectivity index (χ3n) is 6.84. The van der Waals surface area contributed by atoms with Gasteiger partial charge >= 0.3 is 0 Å². The van der Waals surface area contributed by atoms with Crippen LogP contribution in [0.1, 0.15) is 30.1 Å². The van der Waals surface area contributed by atoms with Crippen molar-refractivity contribution in [3.63, 3.8) is 0 Å². The Balaban J connectivity index is 1.52. The smallest absolute Gasteiger partial charge is 0.116 e. The van der Waals surface area contributed by atoms with Crippen LogP contribution < -0.4 is 0 Å². The Morgan fingerprint density at radius 2 is 2.07 bits per heavy atom. The van der Waals surface area contributed by atoms with Crippen molar-refractivity contribution in [1.82, 2.24) is 9.88 Å². The van der Waals surface area contributed by atoms with Gasteiger partial charge in [-0.25, -0.2) is 0 Å². The van der Waals surface area contributed by atoms with Crippen LogP contribution in [0.3, 0.4) is 0 Å². The first-order valence-electron chi connectivity index (χ1n) is 10.8. The molecular formula is C26H28N2O2. The Morgan fingerprint density at radius 1 is 1.20 bits per heavy atom. The number of aromatic nitrogens is 1. The van der Waals surface area contributed by atoms with Crippen molar-refractivity contribution >= 4 is 10.9 Å². The van der Waals surface area contributed by atoms with Crippen LogP contribution >= 0.6 is 0 Å². The number of aromatic hydroxyl groups is 1. The molecule has 0 aliphatic carbocycles. The fourth-order valence-electron chi connectivity index (χ4n) is 5.26. The van der Waals surface area contributed by atoms with Crippen LogP contribution in [0.15, 0.2) is 73.4 Å². The number of piperidine rings is 3. The number of phenols is 1. The van der Waals surface area contributed by atoms with Gasteiger partial charge in [-0.2, -0.15) is 0 Å². The van der Waals surface area contributed by atoms with E-state index < -0.39 is 0 Å². The predicted octanol–water partition coefficient (Wildman–Crippen LogP) is 5.09. The number of phenolic OH excluding ortho intramolecular Hbond substituents is 1. The topological polar surface area (TPSA) is 45.6 Å². The maximum atomic E-state index is 10.1. The van der Waals surface area contributed by atoms with E-state index in [1.807, 2.05) is 36.5 Å². The first-order valence-corrected chi connectivity index (χ1v) is 10.8. The quantitative estimate of drug-likeness (QED) is 0.585. The van der Waals surface area contributed by atoms with Crippen molar-refractivity contribution < 1.29 is 9.84 Å². The molecule has 3 aliphatic heterocycles. The number of ether oxygens (including phenoxy) is 1. The number of nitrogens with zero attached hydrogens (tertiary/aromatic N) is 2. The minimum Gasteiger partial charge on any atom is -0.508 e. The van der Waals surface area contributed by atoms with Crippen molar-refractivity contribution in [2.75, 3.05) is 13.1 Å². The molecule has 1 aromatic heterocycles. The molecule has 2 unspecified atom stereocenters. The molecule has 6 rings (SSSR count). The highest BCUT2D eigenvalue weighted by Gasteiger charge is 2.43. The summed E-state index contributed by atoms with van der Waals surface area (Å²) in [4.78, 5) is 7.09. The van der Waals surface area contributed by atoms with Gasteiger partial charge in [0, 0.05) is 24.2 Å². The lowest BCUT2D eigenvalue weighted by Crippen LogP contribution is -2.55. The van der Waals surface area contributed by atoms with E-state index in [9.17, 15) is 5.11 Å². The average Bonchev–Trinajstić information content (AvgIpc) is 2.80. The fraction of sp³-hybridized carbons (Fsp3) is 0.346. The van der Waals surface area contributed by atoms with Gasteiger partial charge in [-0.05, 0) is 66.6 Å². The van der Waals surface area contributed by atoms with E-state index in [2.05, 4.69) is 40.7 Å². The lowest BCUT2D eigenvalue weighted by molar-refractivity contribution is -0.0803.